The second-order valence-electron chi connectivity index (χ2n) is 7.04. The first-order valence-electron chi connectivity index (χ1n) is 9.66. The van der Waals surface area contributed by atoms with Gasteiger partial charge in [0.1, 0.15) is 24.5 Å². The molecule has 0 aliphatic rings. The van der Waals surface area contributed by atoms with Gasteiger partial charge in [-0.15, -0.1) is 0 Å². The number of imidazole rings is 1. The van der Waals surface area contributed by atoms with E-state index in [2.05, 4.69) is 25.9 Å². The Kier molecular flexibility index (Phi) is 8.94. The molecule has 12 nitrogen and oxygen atoms in total. The Morgan fingerprint density at radius 1 is 1.09 bits per heavy atom. The van der Waals surface area contributed by atoms with Gasteiger partial charge in [-0.2, -0.15) is 0 Å². The average molecular weight is 467 g/mol. The van der Waals surface area contributed by atoms with Crippen LogP contribution in [0.2, 0.25) is 0 Å². The van der Waals surface area contributed by atoms with Gasteiger partial charge >= 0.3 is 13.7 Å². The van der Waals surface area contributed by atoms with Gasteiger partial charge in [0.15, 0.2) is 0 Å². The van der Waals surface area contributed by atoms with Crippen molar-refractivity contribution in [1.82, 2.24) is 25.9 Å². The zero-order valence-corrected chi connectivity index (χ0v) is 18.4. The minimum atomic E-state index is -4.56. The van der Waals surface area contributed by atoms with Crippen LogP contribution in [0.5, 0.6) is 0 Å². The summed E-state index contributed by atoms with van der Waals surface area (Å²) < 4.78 is 16.4. The molecule has 2 aromatic rings. The lowest BCUT2D eigenvalue weighted by Gasteiger charge is -2.23. The number of carbonyl (C=O) groups excluding carboxylic acids is 3. The van der Waals surface area contributed by atoms with Gasteiger partial charge in [-0.25, -0.2) is 9.78 Å². The second kappa shape index (κ2) is 11.4. The first-order chi connectivity index (χ1) is 15.1. The molecule has 1 heterocycles. The maximum Gasteiger partial charge on any atom is 0.408 e. The Balaban J connectivity index is 1.95. The van der Waals surface area contributed by atoms with Gasteiger partial charge in [-0.05, 0) is 19.4 Å². The largest absolute Gasteiger partial charge is 0.445 e. The predicted octanol–water partition coefficient (Wildman–Crippen LogP) is 0.392. The highest BCUT2D eigenvalue weighted by molar-refractivity contribution is 7.52. The summed E-state index contributed by atoms with van der Waals surface area (Å²) in [5.41, 5.74) is 1.28. The number of aromatic nitrogens is 2. The molecule has 1 aromatic heterocycles. The van der Waals surface area contributed by atoms with Crippen LogP contribution in [0.4, 0.5) is 4.79 Å². The third-order valence-electron chi connectivity index (χ3n) is 4.41. The van der Waals surface area contributed by atoms with Gasteiger partial charge in [0.25, 0.3) is 0 Å². The van der Waals surface area contributed by atoms with E-state index in [0.717, 1.165) is 12.5 Å². The number of H-pyrrole nitrogens is 1. The molecule has 0 spiro atoms. The van der Waals surface area contributed by atoms with Crippen molar-refractivity contribution < 1.29 is 33.5 Å². The molecule has 0 aliphatic heterocycles. The summed E-state index contributed by atoms with van der Waals surface area (Å²) in [5, 5.41) is 7.03. The molecule has 1 aromatic carbocycles. The number of hydrogen-bond donors (Lipinski definition) is 6. The van der Waals surface area contributed by atoms with E-state index in [0.29, 0.717) is 5.69 Å². The predicted molar refractivity (Wildman–Crippen MR) is 113 cm³/mol. The lowest BCUT2D eigenvalue weighted by molar-refractivity contribution is -0.129. The summed E-state index contributed by atoms with van der Waals surface area (Å²) in [4.78, 5) is 62.1. The lowest BCUT2D eigenvalue weighted by Crippen LogP contribution is -2.54. The molecule has 3 atom stereocenters. The molecule has 2 rings (SSSR count). The van der Waals surface area contributed by atoms with Crippen molar-refractivity contribution in [1.29, 1.82) is 0 Å². The van der Waals surface area contributed by atoms with Crippen LogP contribution in [0.25, 0.3) is 0 Å². The Hall–Kier alpha value is -3.21. The average Bonchev–Trinajstić information content (AvgIpc) is 3.24. The van der Waals surface area contributed by atoms with Crippen molar-refractivity contribution >= 4 is 25.5 Å². The third-order valence-corrected chi connectivity index (χ3v) is 5.55. The molecule has 0 bridgehead atoms. The number of ether oxygens (including phenoxy) is 1. The minimum Gasteiger partial charge on any atom is -0.445 e. The molecule has 13 heteroatoms. The van der Waals surface area contributed by atoms with Crippen molar-refractivity contribution in [2.24, 2.45) is 0 Å². The molecule has 0 aliphatic carbocycles. The van der Waals surface area contributed by atoms with Crippen molar-refractivity contribution in [3.8, 4) is 0 Å². The van der Waals surface area contributed by atoms with E-state index in [4.69, 9.17) is 4.74 Å². The number of alkyl carbamates (subject to hydrolysis) is 1. The second-order valence-corrected chi connectivity index (χ2v) is 9.00. The van der Waals surface area contributed by atoms with E-state index in [9.17, 15) is 28.7 Å². The molecule has 0 saturated heterocycles. The van der Waals surface area contributed by atoms with Gasteiger partial charge in [0.2, 0.25) is 11.8 Å². The number of hydrogen-bond acceptors (Lipinski definition) is 6. The van der Waals surface area contributed by atoms with Crippen LogP contribution < -0.4 is 16.0 Å². The fourth-order valence-corrected chi connectivity index (χ4v) is 2.82. The van der Waals surface area contributed by atoms with E-state index < -0.39 is 43.4 Å². The first-order valence-corrected chi connectivity index (χ1v) is 11.3. The summed E-state index contributed by atoms with van der Waals surface area (Å²) in [5.74, 6) is -2.94. The monoisotopic (exact) mass is 467 g/mol. The van der Waals surface area contributed by atoms with E-state index in [-0.39, 0.29) is 13.0 Å². The summed E-state index contributed by atoms with van der Waals surface area (Å²) in [6.45, 7) is 2.58. The molecule has 0 saturated carbocycles. The molecular weight excluding hydrogens is 441 g/mol. The third kappa shape index (κ3) is 8.14. The molecule has 0 fully saturated rings. The van der Waals surface area contributed by atoms with Gasteiger partial charge in [0.05, 0.1) is 6.33 Å². The minimum absolute atomic E-state index is 0.0172. The Morgan fingerprint density at radius 2 is 1.78 bits per heavy atom. The van der Waals surface area contributed by atoms with Crippen LogP contribution >= 0.6 is 7.60 Å². The molecule has 32 heavy (non-hydrogen) atoms. The maximum absolute atomic E-state index is 12.6. The van der Waals surface area contributed by atoms with E-state index in [1.807, 2.05) is 6.07 Å². The van der Waals surface area contributed by atoms with Gasteiger partial charge in [-0.3, -0.25) is 14.2 Å². The highest BCUT2D eigenvalue weighted by Crippen LogP contribution is 2.39. The zero-order valence-electron chi connectivity index (χ0n) is 17.5. The van der Waals surface area contributed by atoms with Crippen molar-refractivity contribution in [2.45, 2.75) is 44.7 Å². The summed E-state index contributed by atoms with van der Waals surface area (Å²) in [6.07, 6.45) is 2.00. The number of amides is 3. The van der Waals surface area contributed by atoms with Crippen LogP contribution in [0, 0.1) is 0 Å². The van der Waals surface area contributed by atoms with Crippen molar-refractivity contribution in [3.05, 3.63) is 54.1 Å². The number of rotatable bonds is 10. The van der Waals surface area contributed by atoms with Crippen LogP contribution in [0.15, 0.2) is 42.9 Å². The Morgan fingerprint density at radius 3 is 2.38 bits per heavy atom. The topological polar surface area (TPSA) is 183 Å². The van der Waals surface area contributed by atoms with Crippen molar-refractivity contribution in [3.63, 3.8) is 0 Å². The first kappa shape index (κ1) is 25.1. The van der Waals surface area contributed by atoms with Crippen LogP contribution in [0.1, 0.15) is 25.1 Å². The fraction of sp³-hybridized carbons (Fsp3) is 0.368. The highest BCUT2D eigenvalue weighted by atomic mass is 31.2. The van der Waals surface area contributed by atoms with Crippen LogP contribution in [0.3, 0.4) is 0 Å². The number of carbonyl (C=O) groups is 3. The lowest BCUT2D eigenvalue weighted by atomic mass is 10.1. The van der Waals surface area contributed by atoms with Gasteiger partial charge in [0, 0.05) is 18.3 Å². The molecular formula is C19H26N5O7P. The Labute approximate surface area is 184 Å². The number of benzene rings is 1. The fourth-order valence-electron chi connectivity index (χ4n) is 2.52. The van der Waals surface area contributed by atoms with Crippen LogP contribution in [-0.4, -0.2) is 55.5 Å². The molecule has 174 valence electrons. The smallest absolute Gasteiger partial charge is 0.408 e. The molecule has 0 radical (unpaired) electrons. The maximum atomic E-state index is 12.6. The summed E-state index contributed by atoms with van der Waals surface area (Å²) in [6, 6.07) is 6.75. The van der Waals surface area contributed by atoms with E-state index in [1.165, 1.54) is 19.4 Å². The quantitative estimate of drug-likeness (QED) is 0.271. The highest BCUT2D eigenvalue weighted by Gasteiger charge is 2.31. The number of nitrogens with zero attached hydrogens (tertiary/aromatic N) is 1. The summed E-state index contributed by atoms with van der Waals surface area (Å²) in [7, 11) is -4.56. The Bertz CT molecular complexity index is 948. The van der Waals surface area contributed by atoms with Crippen LogP contribution in [-0.2, 0) is 31.9 Å². The molecule has 6 N–H and O–H groups in total. The standard InChI is InChI=1S/C19H26N5O7P/c1-12(22-19(27)31-10-14-6-4-3-5-7-14)17(25)24-16(8-15-9-20-11-21-15)18(26)23-13(2)32(28,29)30/h3-7,9,11-13,16H,8,10H2,1-2H3,(H,20,21)(H,22,27)(H,23,26)(H,24,25)(H2,28,29,30)/t12-,13+,16-/m0/s1. The van der Waals surface area contributed by atoms with E-state index in [1.54, 1.807) is 24.3 Å². The zero-order chi connectivity index (χ0) is 23.7. The molecule has 3 amide bonds. The normalized spacial score (nSPS) is 14.0. The van der Waals surface area contributed by atoms with Gasteiger partial charge < -0.3 is 35.5 Å². The van der Waals surface area contributed by atoms with Gasteiger partial charge in [-0.1, -0.05) is 30.3 Å². The number of aromatic amines is 1. The summed E-state index contributed by atoms with van der Waals surface area (Å²) >= 11 is 0. The SMILES string of the molecule is C[C@H](NC(=O)OCc1ccccc1)C(=O)N[C@@H](Cc1cnc[nH]1)C(=O)N[C@@H](C)P(=O)(O)O. The van der Waals surface area contributed by atoms with Crippen molar-refractivity contribution in [2.75, 3.05) is 0 Å². The molecule has 0 unspecified atom stereocenters. The van der Waals surface area contributed by atoms with E-state index >= 15 is 0 Å². The number of nitrogens with one attached hydrogen (secondary N) is 4.